The second kappa shape index (κ2) is 23.1. The number of benzene rings is 1. The van der Waals surface area contributed by atoms with Crippen LogP contribution in [0.1, 0.15) is 134 Å². The number of nitrogens with two attached hydrogens (primary N) is 2. The van der Waals surface area contributed by atoms with Crippen LogP contribution in [-0.4, -0.2) is 93.0 Å². The van der Waals surface area contributed by atoms with Crippen molar-refractivity contribution < 1.29 is 35.0 Å². The number of aryl methyl sites for hydroxylation is 2. The first-order valence-corrected chi connectivity index (χ1v) is 24.7. The minimum Gasteiger partial charge on any atom is -0.592 e. The first-order chi connectivity index (χ1) is 31.0. The number of aliphatic hydroxyl groups excluding tert-OH is 4. The van der Waals surface area contributed by atoms with Crippen LogP contribution >= 0.6 is 0 Å². The molecule has 3 heterocycles. The molecular formula is C52H77N5O7. The Morgan fingerprint density at radius 1 is 0.969 bits per heavy atom. The summed E-state index contributed by atoms with van der Waals surface area (Å²) in [5.41, 5.74) is 16.9. The number of pyridine rings is 1. The van der Waals surface area contributed by atoms with E-state index in [9.17, 15) is 25.5 Å². The van der Waals surface area contributed by atoms with Crippen molar-refractivity contribution >= 4 is 11.5 Å². The lowest BCUT2D eigenvalue weighted by Gasteiger charge is -2.37. The number of aliphatic hydroxyl groups is 4. The fourth-order valence-corrected chi connectivity index (χ4v) is 11.6. The number of hydrogen-bond donors (Lipinski definition) is 8. The van der Waals surface area contributed by atoms with E-state index in [1.165, 1.54) is 50.5 Å². The summed E-state index contributed by atoms with van der Waals surface area (Å²) in [6.07, 6.45) is 24.1. The van der Waals surface area contributed by atoms with Crippen molar-refractivity contribution in [1.29, 1.82) is 0 Å². The molecule has 0 saturated heterocycles. The van der Waals surface area contributed by atoms with Gasteiger partial charge >= 0.3 is 0 Å². The molecule has 1 spiro atoms. The lowest BCUT2D eigenvalue weighted by atomic mass is 9.66. The standard InChI is InChI=1S/C52H77N5O7/c1-34(59)30-55-31-43-41-10-8-11-44(41)52(22-6-7-23-52)29-46-42(43)28-45(57-46)48(62)33-63-50-25-35(15-20-47(50)61)14-19-40-27-37(32-58)49(64-40)12-5-3-2-4-9-38(53)16-18-39(60)17-13-36-21-24-56-51(54)26-36/h15,20-21,24-28,34,38-39,41,43-44,48-49,55,58-62H,2-14,16-19,22-23,29-33,53H2,1H3,(H2,54,56). The number of phenolic OH excluding ortho intramolecular Hbond substituents is 1. The predicted octanol–water partition coefficient (Wildman–Crippen LogP) is 7.21. The largest absolute Gasteiger partial charge is 0.592 e. The SMILES string of the molecule is CC(O)CNCC1C2=C[C+](C(O)COc3cc(CCC4=C[C-](CO)C(CCCCCCC(N)CCC(O)CCc5ccnc(N)c5)O4)ccc3O)N=C2CC2(CCCC2)C2CCCC12. The van der Waals surface area contributed by atoms with Crippen molar-refractivity contribution in [3.8, 4) is 11.5 Å². The first kappa shape index (κ1) is 48.2. The van der Waals surface area contributed by atoms with Gasteiger partial charge in [-0.3, -0.25) is 0 Å². The van der Waals surface area contributed by atoms with E-state index in [4.69, 9.17) is 25.9 Å². The van der Waals surface area contributed by atoms with Crippen molar-refractivity contribution in [3.05, 3.63) is 83.1 Å². The van der Waals surface area contributed by atoms with Gasteiger partial charge in [-0.05, 0) is 130 Å². The molecule has 64 heavy (non-hydrogen) atoms. The maximum absolute atomic E-state index is 11.5. The van der Waals surface area contributed by atoms with Gasteiger partial charge < -0.3 is 51.8 Å². The third kappa shape index (κ3) is 12.8. The van der Waals surface area contributed by atoms with Crippen LogP contribution in [0.25, 0.3) is 0 Å². The van der Waals surface area contributed by atoms with Crippen molar-refractivity contribution in [2.45, 2.75) is 166 Å². The van der Waals surface area contributed by atoms with Gasteiger partial charge in [-0.15, -0.1) is 4.99 Å². The Kier molecular flexibility index (Phi) is 17.4. The van der Waals surface area contributed by atoms with Crippen LogP contribution in [0.2, 0.25) is 0 Å². The monoisotopic (exact) mass is 884 g/mol. The molecule has 3 saturated carbocycles. The summed E-state index contributed by atoms with van der Waals surface area (Å²) < 4.78 is 12.4. The van der Waals surface area contributed by atoms with Gasteiger partial charge in [-0.1, -0.05) is 63.2 Å². The van der Waals surface area contributed by atoms with E-state index in [1.54, 1.807) is 12.3 Å². The van der Waals surface area contributed by atoms with E-state index in [1.807, 2.05) is 37.3 Å². The lowest BCUT2D eigenvalue weighted by Crippen LogP contribution is -2.37. The summed E-state index contributed by atoms with van der Waals surface area (Å²) in [7, 11) is 0. The fourth-order valence-electron chi connectivity index (χ4n) is 11.6. The van der Waals surface area contributed by atoms with E-state index in [-0.39, 0.29) is 37.2 Å². The summed E-state index contributed by atoms with van der Waals surface area (Å²) in [6.45, 7) is 3.12. The Morgan fingerprint density at radius 2 is 1.78 bits per heavy atom. The van der Waals surface area contributed by atoms with E-state index >= 15 is 0 Å². The van der Waals surface area contributed by atoms with E-state index in [0.717, 1.165) is 92.8 Å². The number of nitrogen functional groups attached to an aromatic ring is 1. The normalized spacial score (nSPS) is 24.4. The van der Waals surface area contributed by atoms with Gasteiger partial charge in [0.15, 0.2) is 29.4 Å². The second-order valence-corrected chi connectivity index (χ2v) is 19.8. The summed E-state index contributed by atoms with van der Waals surface area (Å²) in [4.78, 5) is 9.15. The van der Waals surface area contributed by atoms with Crippen molar-refractivity contribution in [1.82, 2.24) is 10.3 Å². The zero-order chi connectivity index (χ0) is 45.1. The molecule has 1 aromatic carbocycles. The summed E-state index contributed by atoms with van der Waals surface area (Å²) in [5, 5.41) is 56.4. The van der Waals surface area contributed by atoms with Gasteiger partial charge in [-0.2, -0.15) is 12.0 Å². The zero-order valence-corrected chi connectivity index (χ0v) is 38.3. The molecule has 1 aromatic heterocycles. The van der Waals surface area contributed by atoms with E-state index in [0.29, 0.717) is 73.0 Å². The molecule has 0 radical (unpaired) electrons. The highest BCUT2D eigenvalue weighted by Crippen LogP contribution is 2.60. The molecule has 2 aliphatic heterocycles. The van der Waals surface area contributed by atoms with Gasteiger partial charge in [0.1, 0.15) is 18.0 Å². The van der Waals surface area contributed by atoms with Gasteiger partial charge in [0.2, 0.25) is 0 Å². The molecule has 8 atom stereocenters. The maximum Gasteiger partial charge on any atom is 0.190 e. The van der Waals surface area contributed by atoms with Gasteiger partial charge in [0, 0.05) is 38.0 Å². The van der Waals surface area contributed by atoms with Crippen LogP contribution < -0.4 is 21.5 Å². The van der Waals surface area contributed by atoms with Crippen LogP contribution in [0.15, 0.2) is 65.0 Å². The van der Waals surface area contributed by atoms with Crippen LogP contribution in [0.4, 0.5) is 5.82 Å². The van der Waals surface area contributed by atoms with Crippen molar-refractivity contribution in [3.63, 3.8) is 0 Å². The van der Waals surface area contributed by atoms with Crippen molar-refractivity contribution in [2.24, 2.45) is 33.9 Å². The zero-order valence-electron chi connectivity index (χ0n) is 38.3. The fraction of sp³-hybridized carbons (Fsp3) is 0.654. The van der Waals surface area contributed by atoms with Crippen LogP contribution in [-0.2, 0) is 17.6 Å². The lowest BCUT2D eigenvalue weighted by molar-refractivity contribution is 0.113. The number of ether oxygens (including phenoxy) is 2. The van der Waals surface area contributed by atoms with Crippen LogP contribution in [0.5, 0.6) is 11.5 Å². The summed E-state index contributed by atoms with van der Waals surface area (Å²) in [6, 6.07) is 9.86. The minimum absolute atomic E-state index is 0.0226. The minimum atomic E-state index is -0.945. The number of rotatable bonds is 25. The number of phenols is 1. The molecule has 7 rings (SSSR count). The van der Waals surface area contributed by atoms with E-state index < -0.39 is 12.2 Å². The van der Waals surface area contributed by atoms with Crippen molar-refractivity contribution in [2.75, 3.05) is 32.0 Å². The Bertz CT molecular complexity index is 1880. The molecule has 10 N–H and O–H groups in total. The Morgan fingerprint density at radius 3 is 2.58 bits per heavy atom. The molecule has 12 heteroatoms. The third-order valence-corrected chi connectivity index (χ3v) is 15.0. The highest BCUT2D eigenvalue weighted by Gasteiger charge is 2.57. The highest BCUT2D eigenvalue weighted by atomic mass is 16.5. The number of allylic oxidation sites excluding steroid dienone is 1. The Balaban J connectivity index is 0.826. The second-order valence-electron chi connectivity index (χ2n) is 19.8. The molecular weight excluding hydrogens is 807 g/mol. The Labute approximate surface area is 382 Å². The number of aromatic hydroxyl groups is 1. The highest BCUT2D eigenvalue weighted by molar-refractivity contribution is 6.04. The molecule has 5 aliphatic rings. The third-order valence-electron chi connectivity index (χ3n) is 15.0. The predicted molar refractivity (Wildman–Crippen MR) is 252 cm³/mol. The van der Waals surface area contributed by atoms with Gasteiger partial charge in [0.25, 0.3) is 0 Å². The maximum atomic E-state index is 11.5. The molecule has 3 fully saturated rings. The van der Waals surface area contributed by atoms with Gasteiger partial charge in [-0.25, -0.2) is 4.98 Å². The van der Waals surface area contributed by atoms with Gasteiger partial charge in [0.05, 0.1) is 30.6 Å². The smallest absolute Gasteiger partial charge is 0.190 e. The topological polar surface area (TPSA) is 209 Å². The molecule has 12 nitrogen and oxygen atoms in total. The molecule has 2 aromatic rings. The number of unbranched alkanes of at least 4 members (excludes halogenated alkanes) is 3. The molecule has 352 valence electrons. The number of anilines is 1. The molecule has 8 unspecified atom stereocenters. The molecule has 0 amide bonds. The number of fused-ring (bicyclic) bond motifs is 3. The number of hydrogen-bond acceptors (Lipinski definition) is 12. The van der Waals surface area contributed by atoms with Crippen LogP contribution in [0.3, 0.4) is 0 Å². The quantitative estimate of drug-likeness (QED) is 0.0369. The van der Waals surface area contributed by atoms with E-state index in [2.05, 4.69) is 16.4 Å². The summed E-state index contributed by atoms with van der Waals surface area (Å²) >= 11 is 0. The molecule has 3 aliphatic carbocycles. The summed E-state index contributed by atoms with van der Waals surface area (Å²) in [5.74, 6) is 4.19. The number of nitrogens with one attached hydrogen (secondary N) is 1. The Hall–Kier alpha value is -3.78. The van der Waals surface area contributed by atoms with Crippen LogP contribution in [0, 0.1) is 35.1 Å². The number of aromatic nitrogens is 1. The average Bonchev–Trinajstić information content (AvgIpc) is 4.11. The number of nitrogens with zero attached hydrogens (tertiary/aromatic N) is 2. The average molecular weight is 884 g/mol. The first-order valence-electron chi connectivity index (χ1n) is 24.7. The molecule has 0 bridgehead atoms. The number of aliphatic imine (C=N–C) groups is 1.